The molecule has 1 aromatic rings. The van der Waals surface area contributed by atoms with Crippen molar-refractivity contribution in [1.29, 1.82) is 0 Å². The highest BCUT2D eigenvalue weighted by Crippen LogP contribution is 2.30. The lowest BCUT2D eigenvalue weighted by atomic mass is 10.2. The Morgan fingerprint density at radius 3 is 2.00 bits per heavy atom. The molecule has 0 saturated heterocycles. The molecule has 0 unspecified atom stereocenters. The van der Waals surface area contributed by atoms with Gasteiger partial charge in [0.25, 0.3) is 5.24 Å². The molecule has 0 saturated carbocycles. The minimum absolute atomic E-state index is 0.390. The van der Waals surface area contributed by atoms with Crippen LogP contribution in [0.25, 0.3) is 0 Å². The predicted octanol–water partition coefficient (Wildman–Crippen LogP) is 4.24. The number of rotatable bonds is 1. The van der Waals surface area contributed by atoms with Gasteiger partial charge in [0.05, 0.1) is 5.56 Å². The third-order valence-electron chi connectivity index (χ3n) is 1.20. The van der Waals surface area contributed by atoms with Gasteiger partial charge in [-0.1, -0.05) is 11.6 Å². The van der Waals surface area contributed by atoms with E-state index in [1.165, 1.54) is 0 Å². The van der Waals surface area contributed by atoms with E-state index in [1.54, 1.807) is 12.1 Å². The molecule has 0 N–H and O–H groups in total. The van der Waals surface area contributed by atoms with Crippen molar-refractivity contribution < 1.29 is 4.79 Å². The molecule has 1 aromatic carbocycles. The molecule has 0 radical (unpaired) electrons. The van der Waals surface area contributed by atoms with Gasteiger partial charge >= 0.3 is 0 Å². The monoisotopic (exact) mass is 330 g/mol. The number of halogens is 4. The second kappa shape index (κ2) is 4.09. The van der Waals surface area contributed by atoms with Crippen LogP contribution in [-0.4, -0.2) is 5.24 Å². The maximum absolute atomic E-state index is 10.9. The van der Waals surface area contributed by atoms with Crippen LogP contribution in [0.1, 0.15) is 10.4 Å². The van der Waals surface area contributed by atoms with Gasteiger partial charge in [-0.25, -0.2) is 0 Å². The fourth-order valence-corrected chi connectivity index (χ4v) is 3.19. The van der Waals surface area contributed by atoms with Gasteiger partial charge in [0, 0.05) is 14.0 Å². The van der Waals surface area contributed by atoms with Crippen molar-refractivity contribution in [3.63, 3.8) is 0 Å². The summed E-state index contributed by atoms with van der Waals surface area (Å²) in [5, 5.41) is 0.0147. The van der Waals surface area contributed by atoms with Gasteiger partial charge in [0.1, 0.15) is 0 Å². The fraction of sp³-hybridized carbons (Fsp3) is 0. The van der Waals surface area contributed by atoms with Crippen LogP contribution in [0, 0.1) is 0 Å². The van der Waals surface area contributed by atoms with E-state index < -0.39 is 5.24 Å². The molecular formula is C7H2Br2Cl2O. The Bertz CT molecular complexity index is 315. The zero-order valence-electron chi connectivity index (χ0n) is 5.57. The van der Waals surface area contributed by atoms with E-state index in [9.17, 15) is 4.79 Å². The van der Waals surface area contributed by atoms with E-state index >= 15 is 0 Å². The third-order valence-corrected chi connectivity index (χ3v) is 2.86. The van der Waals surface area contributed by atoms with Crippen LogP contribution in [0.5, 0.6) is 0 Å². The molecule has 0 fully saturated rings. The average molecular weight is 333 g/mol. The zero-order chi connectivity index (χ0) is 9.30. The molecule has 0 amide bonds. The third kappa shape index (κ3) is 2.22. The number of hydrogen-bond donors (Lipinski definition) is 0. The van der Waals surface area contributed by atoms with Crippen LogP contribution < -0.4 is 0 Å². The molecule has 0 heterocycles. The summed E-state index contributed by atoms with van der Waals surface area (Å²) in [6, 6.07) is 3.23. The summed E-state index contributed by atoms with van der Waals surface area (Å²) in [6.45, 7) is 0. The Morgan fingerprint density at radius 1 is 1.25 bits per heavy atom. The van der Waals surface area contributed by atoms with Crippen LogP contribution in [0.4, 0.5) is 0 Å². The molecule has 0 aliphatic heterocycles. The molecule has 0 aliphatic carbocycles. The average Bonchev–Trinajstić information content (AvgIpc) is 1.82. The molecule has 0 bridgehead atoms. The molecule has 5 heteroatoms. The lowest BCUT2D eigenvalue weighted by molar-refractivity contribution is 0.108. The minimum atomic E-state index is -0.523. The fourth-order valence-electron chi connectivity index (χ4n) is 0.730. The van der Waals surface area contributed by atoms with Gasteiger partial charge < -0.3 is 0 Å². The first-order valence-electron chi connectivity index (χ1n) is 2.86. The van der Waals surface area contributed by atoms with E-state index in [1.807, 2.05) is 0 Å². The largest absolute Gasteiger partial charge is 0.276 e. The zero-order valence-corrected chi connectivity index (χ0v) is 10.3. The highest BCUT2D eigenvalue weighted by atomic mass is 79.9. The first-order valence-corrected chi connectivity index (χ1v) is 5.21. The summed E-state index contributed by atoms with van der Waals surface area (Å²) in [7, 11) is 0. The number of carbonyl (C=O) groups is 1. The lowest BCUT2D eigenvalue weighted by Crippen LogP contribution is -1.92. The molecule has 64 valence electrons. The summed E-state index contributed by atoms with van der Waals surface area (Å²) in [6.07, 6.45) is 0. The molecule has 0 aromatic heterocycles. The summed E-state index contributed by atoms with van der Waals surface area (Å²) in [5.74, 6) is 0. The molecule has 1 nitrogen and oxygen atoms in total. The van der Waals surface area contributed by atoms with Crippen LogP contribution >= 0.6 is 55.1 Å². The van der Waals surface area contributed by atoms with Crippen molar-refractivity contribution in [1.82, 2.24) is 0 Å². The van der Waals surface area contributed by atoms with Crippen LogP contribution in [-0.2, 0) is 0 Å². The molecular weight excluding hydrogens is 331 g/mol. The first kappa shape index (κ1) is 10.5. The van der Waals surface area contributed by atoms with Gasteiger partial charge in [-0.2, -0.15) is 0 Å². The van der Waals surface area contributed by atoms with Crippen LogP contribution in [0.2, 0.25) is 5.02 Å². The Labute approximate surface area is 96.3 Å². The van der Waals surface area contributed by atoms with Gasteiger partial charge in [0.15, 0.2) is 0 Å². The van der Waals surface area contributed by atoms with E-state index in [-0.39, 0.29) is 0 Å². The van der Waals surface area contributed by atoms with E-state index in [4.69, 9.17) is 23.2 Å². The summed E-state index contributed by atoms with van der Waals surface area (Å²) in [4.78, 5) is 10.9. The SMILES string of the molecule is O=C(Cl)c1c(Br)cc(Cl)cc1Br. The maximum Gasteiger partial charge on any atom is 0.254 e. The number of benzene rings is 1. The highest BCUT2D eigenvalue weighted by molar-refractivity contribution is 9.11. The Hall–Kier alpha value is 0.430. The van der Waals surface area contributed by atoms with Crippen molar-refractivity contribution in [3.05, 3.63) is 31.7 Å². The summed E-state index contributed by atoms with van der Waals surface area (Å²) in [5.41, 5.74) is 0.390. The van der Waals surface area contributed by atoms with Gasteiger partial charge in [-0.05, 0) is 55.6 Å². The topological polar surface area (TPSA) is 17.1 Å². The van der Waals surface area contributed by atoms with Crippen molar-refractivity contribution in [2.45, 2.75) is 0 Å². The Morgan fingerprint density at radius 2 is 1.67 bits per heavy atom. The van der Waals surface area contributed by atoms with Crippen LogP contribution in [0.15, 0.2) is 21.1 Å². The maximum atomic E-state index is 10.9. The number of hydrogen-bond acceptors (Lipinski definition) is 1. The summed E-state index contributed by atoms with van der Waals surface area (Å²) >= 11 is 17.4. The molecule has 0 aliphatic rings. The molecule has 1 rings (SSSR count). The van der Waals surface area contributed by atoms with E-state index in [2.05, 4.69) is 31.9 Å². The first-order chi connectivity index (χ1) is 5.52. The van der Waals surface area contributed by atoms with Gasteiger partial charge in [0.2, 0.25) is 0 Å². The second-order valence-corrected chi connectivity index (χ2v) is 4.51. The highest BCUT2D eigenvalue weighted by Gasteiger charge is 2.12. The predicted molar refractivity (Wildman–Crippen MR) is 57.0 cm³/mol. The Balaban J connectivity index is 3.38. The van der Waals surface area contributed by atoms with E-state index in [0.29, 0.717) is 19.5 Å². The quantitative estimate of drug-likeness (QED) is 0.703. The smallest absolute Gasteiger partial charge is 0.254 e. The van der Waals surface area contributed by atoms with Crippen LogP contribution in [0.3, 0.4) is 0 Å². The van der Waals surface area contributed by atoms with Gasteiger partial charge in [-0.3, -0.25) is 4.79 Å². The molecule has 12 heavy (non-hydrogen) atoms. The minimum Gasteiger partial charge on any atom is -0.276 e. The van der Waals surface area contributed by atoms with Crippen molar-refractivity contribution in [3.8, 4) is 0 Å². The normalized spacial score (nSPS) is 10.0. The standard InChI is InChI=1S/C7H2Br2Cl2O/c8-4-1-3(10)2-5(9)6(4)7(11)12/h1-2H. The number of carbonyl (C=O) groups excluding carboxylic acids is 1. The molecule has 0 spiro atoms. The Kier molecular flexibility index (Phi) is 3.58. The second-order valence-electron chi connectivity index (χ2n) is 2.02. The molecule has 0 atom stereocenters. The lowest BCUT2D eigenvalue weighted by Gasteiger charge is -2.02. The van der Waals surface area contributed by atoms with Crippen molar-refractivity contribution >= 4 is 60.3 Å². The van der Waals surface area contributed by atoms with E-state index in [0.717, 1.165) is 0 Å². The van der Waals surface area contributed by atoms with Crippen molar-refractivity contribution in [2.75, 3.05) is 0 Å². The van der Waals surface area contributed by atoms with Gasteiger partial charge in [-0.15, -0.1) is 0 Å². The summed E-state index contributed by atoms with van der Waals surface area (Å²) < 4.78 is 1.17. The van der Waals surface area contributed by atoms with Crippen molar-refractivity contribution in [2.24, 2.45) is 0 Å².